The van der Waals surface area contributed by atoms with Gasteiger partial charge in [0, 0.05) is 31.4 Å². The summed E-state index contributed by atoms with van der Waals surface area (Å²) in [5.74, 6) is -1.18. The first-order valence-corrected chi connectivity index (χ1v) is 17.9. The predicted octanol–water partition coefficient (Wildman–Crippen LogP) is 7.80. The van der Waals surface area contributed by atoms with Crippen LogP contribution in [0.1, 0.15) is 31.2 Å². The summed E-state index contributed by atoms with van der Waals surface area (Å²) in [6, 6.07) is 22.9. The van der Waals surface area contributed by atoms with Crippen molar-refractivity contribution in [3.8, 4) is 39.5 Å². The number of rotatable bonds is 20. The lowest BCUT2D eigenvalue weighted by atomic mass is 9.82. The molecule has 0 aromatic heterocycles. The highest BCUT2D eigenvalue weighted by molar-refractivity contribution is 5.78. The number of benzene rings is 4. The molecule has 0 radical (unpaired) electrons. The third-order valence-corrected chi connectivity index (χ3v) is 8.93. The Morgan fingerprint density at radius 3 is 1.56 bits per heavy atom. The summed E-state index contributed by atoms with van der Waals surface area (Å²) < 4.78 is 72.4. The zero-order valence-corrected chi connectivity index (χ0v) is 30.6. The number of carbonyl (C=O) groups excluding carboxylic acids is 2. The van der Waals surface area contributed by atoms with Gasteiger partial charge in [-0.25, -0.2) is 8.78 Å². The molecule has 0 saturated heterocycles. The minimum absolute atomic E-state index is 0.0875. The maximum atomic E-state index is 14.9. The molecular formula is C42H46F2O10. The highest BCUT2D eigenvalue weighted by Gasteiger charge is 2.32. The lowest BCUT2D eigenvalue weighted by Crippen LogP contribution is -2.30. The van der Waals surface area contributed by atoms with Gasteiger partial charge in [0.05, 0.1) is 51.5 Å². The van der Waals surface area contributed by atoms with Crippen LogP contribution >= 0.6 is 0 Å². The molecule has 12 heteroatoms. The second-order valence-electron chi connectivity index (χ2n) is 12.7. The minimum atomic E-state index is -0.440. The average Bonchev–Trinajstić information content (AvgIpc) is 3.18. The number of methoxy groups -OCH3 is 2. The monoisotopic (exact) mass is 748 g/mol. The molecule has 0 N–H and O–H groups in total. The first kappa shape index (κ1) is 40.5. The van der Waals surface area contributed by atoms with E-state index < -0.39 is 11.6 Å². The number of halogens is 2. The Morgan fingerprint density at radius 1 is 0.556 bits per heavy atom. The van der Waals surface area contributed by atoms with Crippen molar-refractivity contribution < 1.29 is 56.3 Å². The van der Waals surface area contributed by atoms with Crippen molar-refractivity contribution in [2.24, 2.45) is 11.8 Å². The van der Waals surface area contributed by atoms with E-state index in [0.717, 1.165) is 0 Å². The molecule has 1 aliphatic rings. The Morgan fingerprint density at radius 2 is 1.04 bits per heavy atom. The van der Waals surface area contributed by atoms with Crippen LogP contribution in [0.5, 0.6) is 17.2 Å². The Bertz CT molecular complexity index is 1640. The van der Waals surface area contributed by atoms with Gasteiger partial charge in [-0.1, -0.05) is 36.4 Å². The summed E-state index contributed by atoms with van der Waals surface area (Å²) in [6.07, 6.45) is 1.93. The van der Waals surface area contributed by atoms with Gasteiger partial charge in [0.15, 0.2) is 0 Å². The lowest BCUT2D eigenvalue weighted by Gasteiger charge is -2.25. The van der Waals surface area contributed by atoms with Crippen LogP contribution in [0.25, 0.3) is 22.3 Å². The summed E-state index contributed by atoms with van der Waals surface area (Å²) in [5.41, 5.74) is 2.74. The number of carbonyl (C=O) groups is 2. The Kier molecular flexibility index (Phi) is 15.9. The molecule has 4 aromatic carbocycles. The van der Waals surface area contributed by atoms with Crippen LogP contribution in [0, 0.1) is 23.5 Å². The molecule has 4 aromatic rings. The SMILES string of the molecule is COCCOCCOc1ccc(-c2ccc(OC(=O)[C@H]3CC[C@H](C(=O)Oc4ccc(-c5ccc(COCOCCOC)cc5F)cc4)CC3)cc2)c(F)c1. The molecule has 0 bridgehead atoms. The molecule has 1 fully saturated rings. The standard InChI is InChI=1S/C42H46F2O10/c1-47-19-21-49-23-24-52-36-16-18-38(40(44)26-36)31-10-14-35(15-11-31)54-42(46)33-6-4-32(5-7-33)41(45)53-34-12-8-30(9-13-34)37-17-3-29(25-39(37)43)27-51-28-50-22-20-48-2/h3,8-18,25-26,32-33H,4-7,19-24,27-28H2,1-2H3/t32-,33-. The fourth-order valence-corrected chi connectivity index (χ4v) is 5.95. The van der Waals surface area contributed by atoms with Crippen molar-refractivity contribution >= 4 is 11.9 Å². The molecular weight excluding hydrogens is 702 g/mol. The van der Waals surface area contributed by atoms with E-state index in [2.05, 4.69) is 0 Å². The fourth-order valence-electron chi connectivity index (χ4n) is 5.95. The molecule has 1 aliphatic carbocycles. The minimum Gasteiger partial charge on any atom is -0.491 e. The largest absolute Gasteiger partial charge is 0.491 e. The number of hydrogen-bond acceptors (Lipinski definition) is 10. The summed E-state index contributed by atoms with van der Waals surface area (Å²) in [5, 5.41) is 0. The van der Waals surface area contributed by atoms with E-state index >= 15 is 0 Å². The van der Waals surface area contributed by atoms with E-state index in [1.165, 1.54) is 12.1 Å². The van der Waals surface area contributed by atoms with Gasteiger partial charge in [0.25, 0.3) is 0 Å². The van der Waals surface area contributed by atoms with Crippen LogP contribution < -0.4 is 14.2 Å². The molecule has 54 heavy (non-hydrogen) atoms. The van der Waals surface area contributed by atoms with E-state index in [4.69, 9.17) is 37.9 Å². The van der Waals surface area contributed by atoms with Crippen molar-refractivity contribution in [2.75, 3.05) is 60.7 Å². The van der Waals surface area contributed by atoms with Gasteiger partial charge < -0.3 is 37.9 Å². The first-order valence-electron chi connectivity index (χ1n) is 17.9. The molecule has 288 valence electrons. The van der Waals surface area contributed by atoms with Crippen LogP contribution in [0.3, 0.4) is 0 Å². The molecule has 5 rings (SSSR count). The maximum Gasteiger partial charge on any atom is 0.314 e. The fraction of sp³-hybridized carbons (Fsp3) is 0.381. The van der Waals surface area contributed by atoms with Gasteiger partial charge in [-0.3, -0.25) is 9.59 Å². The Labute approximate surface area is 314 Å². The van der Waals surface area contributed by atoms with E-state index in [9.17, 15) is 18.4 Å². The van der Waals surface area contributed by atoms with E-state index in [1.807, 2.05) is 0 Å². The summed E-state index contributed by atoms with van der Waals surface area (Å²) in [7, 11) is 3.18. The van der Waals surface area contributed by atoms with Crippen molar-refractivity contribution in [3.63, 3.8) is 0 Å². The molecule has 1 saturated carbocycles. The second kappa shape index (κ2) is 21.2. The quantitative estimate of drug-likeness (QED) is 0.0385. The van der Waals surface area contributed by atoms with Crippen molar-refractivity contribution in [1.82, 2.24) is 0 Å². The summed E-state index contributed by atoms with van der Waals surface area (Å²) in [6.45, 7) is 2.79. The zero-order chi connectivity index (χ0) is 38.1. The normalized spacial score (nSPS) is 15.5. The van der Waals surface area contributed by atoms with Gasteiger partial charge in [-0.2, -0.15) is 0 Å². The summed E-state index contributed by atoms with van der Waals surface area (Å²) >= 11 is 0. The molecule has 0 aliphatic heterocycles. The van der Waals surface area contributed by atoms with E-state index in [-0.39, 0.29) is 43.8 Å². The van der Waals surface area contributed by atoms with Gasteiger partial charge in [-0.05, 0) is 84.8 Å². The van der Waals surface area contributed by atoms with Crippen molar-refractivity contribution in [2.45, 2.75) is 32.3 Å². The third kappa shape index (κ3) is 12.2. The number of hydrogen-bond donors (Lipinski definition) is 0. The topological polar surface area (TPSA) is 108 Å². The molecule has 0 atom stereocenters. The smallest absolute Gasteiger partial charge is 0.314 e. The Balaban J connectivity index is 1.03. The average molecular weight is 749 g/mol. The highest BCUT2D eigenvalue weighted by Crippen LogP contribution is 2.33. The second-order valence-corrected chi connectivity index (χ2v) is 12.7. The molecule has 0 heterocycles. The van der Waals surface area contributed by atoms with E-state index in [0.29, 0.717) is 104 Å². The van der Waals surface area contributed by atoms with Gasteiger partial charge >= 0.3 is 11.9 Å². The third-order valence-electron chi connectivity index (χ3n) is 8.93. The number of ether oxygens (including phenoxy) is 8. The van der Waals surface area contributed by atoms with Crippen LogP contribution in [0.4, 0.5) is 8.78 Å². The molecule has 0 unspecified atom stereocenters. The van der Waals surface area contributed by atoms with Gasteiger partial charge in [0.1, 0.15) is 42.3 Å². The first-order chi connectivity index (χ1) is 26.3. The van der Waals surface area contributed by atoms with Crippen molar-refractivity contribution in [3.05, 3.63) is 102 Å². The molecule has 0 spiro atoms. The predicted molar refractivity (Wildman–Crippen MR) is 196 cm³/mol. The summed E-state index contributed by atoms with van der Waals surface area (Å²) in [4.78, 5) is 25.9. The van der Waals surface area contributed by atoms with Crippen LogP contribution in [0.15, 0.2) is 84.9 Å². The van der Waals surface area contributed by atoms with Crippen LogP contribution in [0.2, 0.25) is 0 Å². The van der Waals surface area contributed by atoms with E-state index in [1.54, 1.807) is 87.0 Å². The molecule has 0 amide bonds. The number of esters is 2. The Hall–Kier alpha value is -4.72. The lowest BCUT2D eigenvalue weighted by molar-refractivity contribution is -0.145. The van der Waals surface area contributed by atoms with Gasteiger partial charge in [-0.15, -0.1) is 0 Å². The zero-order valence-electron chi connectivity index (χ0n) is 30.6. The maximum absolute atomic E-state index is 14.9. The molecule has 10 nitrogen and oxygen atoms in total. The van der Waals surface area contributed by atoms with Crippen LogP contribution in [-0.4, -0.2) is 72.6 Å². The highest BCUT2D eigenvalue weighted by atomic mass is 19.1. The van der Waals surface area contributed by atoms with Crippen LogP contribution in [-0.2, 0) is 39.9 Å². The van der Waals surface area contributed by atoms with Crippen molar-refractivity contribution in [1.29, 1.82) is 0 Å². The van der Waals surface area contributed by atoms with Gasteiger partial charge in [0.2, 0.25) is 0 Å².